The number of rotatable bonds is 5. The van der Waals surface area contributed by atoms with Crippen LogP contribution in [0.1, 0.15) is 24.2 Å². The molecule has 1 N–H and O–H groups in total. The number of carbonyl (C=O) groups is 2. The van der Waals surface area contributed by atoms with Gasteiger partial charge in [0.15, 0.2) is 0 Å². The third kappa shape index (κ3) is 3.85. The third-order valence-electron chi connectivity index (χ3n) is 2.39. The van der Waals surface area contributed by atoms with Crippen molar-refractivity contribution in [2.24, 2.45) is 0 Å². The fourth-order valence-corrected chi connectivity index (χ4v) is 1.26. The minimum atomic E-state index is -0.519. The molecular formula is C13H17NO4. The Labute approximate surface area is 106 Å². The molecule has 1 amide bonds. The van der Waals surface area contributed by atoms with Crippen LogP contribution in [0.4, 0.5) is 5.69 Å². The van der Waals surface area contributed by atoms with Gasteiger partial charge < -0.3 is 14.8 Å². The van der Waals surface area contributed by atoms with Crippen LogP contribution in [0.2, 0.25) is 0 Å². The van der Waals surface area contributed by atoms with Crippen LogP contribution in [0.15, 0.2) is 24.3 Å². The molecular weight excluding hydrogens is 234 g/mol. The smallest absolute Gasteiger partial charge is 0.338 e. The molecule has 1 atom stereocenters. The van der Waals surface area contributed by atoms with E-state index < -0.39 is 6.10 Å². The molecule has 0 aromatic heterocycles. The van der Waals surface area contributed by atoms with Crippen LogP contribution in [0.25, 0.3) is 0 Å². The van der Waals surface area contributed by atoms with Gasteiger partial charge in [0.1, 0.15) is 6.10 Å². The zero-order valence-corrected chi connectivity index (χ0v) is 10.7. The summed E-state index contributed by atoms with van der Waals surface area (Å²) in [5.41, 5.74) is 1.06. The molecule has 0 saturated heterocycles. The monoisotopic (exact) mass is 251 g/mol. The highest BCUT2D eigenvalue weighted by Crippen LogP contribution is 2.11. The van der Waals surface area contributed by atoms with Crippen molar-refractivity contribution in [1.29, 1.82) is 0 Å². The highest BCUT2D eigenvalue weighted by atomic mass is 16.5. The van der Waals surface area contributed by atoms with Crippen LogP contribution < -0.4 is 5.32 Å². The average molecular weight is 251 g/mol. The molecule has 1 rings (SSSR count). The van der Waals surface area contributed by atoms with Gasteiger partial charge in [-0.05, 0) is 38.1 Å². The number of methoxy groups -OCH3 is 1. The molecule has 0 aliphatic heterocycles. The van der Waals surface area contributed by atoms with Gasteiger partial charge in [-0.3, -0.25) is 4.79 Å². The second kappa shape index (κ2) is 6.76. The van der Waals surface area contributed by atoms with Crippen molar-refractivity contribution in [3.63, 3.8) is 0 Å². The molecule has 0 radical (unpaired) electrons. The Morgan fingerprint density at radius 1 is 1.28 bits per heavy atom. The maximum atomic E-state index is 11.5. The van der Waals surface area contributed by atoms with E-state index >= 15 is 0 Å². The van der Waals surface area contributed by atoms with E-state index in [0.29, 0.717) is 17.9 Å². The summed E-state index contributed by atoms with van der Waals surface area (Å²) in [6, 6.07) is 6.50. The van der Waals surface area contributed by atoms with E-state index in [2.05, 4.69) is 5.32 Å². The molecule has 0 fully saturated rings. The lowest BCUT2D eigenvalue weighted by molar-refractivity contribution is -0.124. The Hall–Kier alpha value is -1.88. The summed E-state index contributed by atoms with van der Waals surface area (Å²) in [6.07, 6.45) is -0.519. The predicted molar refractivity (Wildman–Crippen MR) is 67.5 cm³/mol. The van der Waals surface area contributed by atoms with Crippen LogP contribution in [-0.4, -0.2) is 31.7 Å². The third-order valence-corrected chi connectivity index (χ3v) is 2.39. The minimum Gasteiger partial charge on any atom is -0.462 e. The first kappa shape index (κ1) is 14.2. The molecule has 1 aromatic carbocycles. The van der Waals surface area contributed by atoms with E-state index in [-0.39, 0.29) is 11.9 Å². The molecule has 0 bridgehead atoms. The maximum absolute atomic E-state index is 11.5. The summed E-state index contributed by atoms with van der Waals surface area (Å²) >= 11 is 0. The first-order valence-corrected chi connectivity index (χ1v) is 5.69. The Bertz CT molecular complexity index is 414. The van der Waals surface area contributed by atoms with Gasteiger partial charge in [-0.15, -0.1) is 0 Å². The van der Waals surface area contributed by atoms with E-state index in [9.17, 15) is 9.59 Å². The van der Waals surface area contributed by atoms with Gasteiger partial charge in [0.05, 0.1) is 12.2 Å². The first-order chi connectivity index (χ1) is 8.58. The van der Waals surface area contributed by atoms with Crippen molar-refractivity contribution in [1.82, 2.24) is 0 Å². The van der Waals surface area contributed by atoms with E-state index in [1.54, 1.807) is 38.1 Å². The summed E-state index contributed by atoms with van der Waals surface area (Å²) in [5.74, 6) is -0.609. The summed E-state index contributed by atoms with van der Waals surface area (Å²) in [4.78, 5) is 22.9. The minimum absolute atomic E-state index is 0.235. The van der Waals surface area contributed by atoms with E-state index in [1.807, 2.05) is 0 Å². The number of nitrogens with one attached hydrogen (secondary N) is 1. The molecule has 5 nitrogen and oxygen atoms in total. The Balaban J connectivity index is 2.66. The summed E-state index contributed by atoms with van der Waals surface area (Å²) < 4.78 is 9.75. The molecule has 1 unspecified atom stereocenters. The van der Waals surface area contributed by atoms with Crippen molar-refractivity contribution in [3.8, 4) is 0 Å². The van der Waals surface area contributed by atoms with Gasteiger partial charge in [-0.2, -0.15) is 0 Å². The normalized spacial score (nSPS) is 11.7. The van der Waals surface area contributed by atoms with Crippen LogP contribution in [-0.2, 0) is 14.3 Å². The summed E-state index contributed by atoms with van der Waals surface area (Å²) in [5, 5.41) is 2.67. The number of esters is 1. The summed E-state index contributed by atoms with van der Waals surface area (Å²) in [7, 11) is 1.47. The quantitative estimate of drug-likeness (QED) is 0.811. The lowest BCUT2D eigenvalue weighted by Crippen LogP contribution is -2.26. The Morgan fingerprint density at radius 3 is 2.39 bits per heavy atom. The highest BCUT2D eigenvalue weighted by Gasteiger charge is 2.12. The zero-order chi connectivity index (χ0) is 13.5. The Morgan fingerprint density at radius 2 is 1.89 bits per heavy atom. The van der Waals surface area contributed by atoms with E-state index in [0.717, 1.165) is 0 Å². The van der Waals surface area contributed by atoms with Crippen LogP contribution >= 0.6 is 0 Å². The molecule has 0 spiro atoms. The number of benzene rings is 1. The average Bonchev–Trinajstić information content (AvgIpc) is 2.38. The fraction of sp³-hybridized carbons (Fsp3) is 0.385. The van der Waals surface area contributed by atoms with Gasteiger partial charge in [-0.1, -0.05) is 0 Å². The standard InChI is InChI=1S/C13H17NO4/c1-4-18-13(16)10-5-7-11(8-6-10)14-12(15)9(2)17-3/h5-9H,4H2,1-3H3,(H,14,15). The van der Waals surface area contributed by atoms with Crippen molar-refractivity contribution < 1.29 is 19.1 Å². The first-order valence-electron chi connectivity index (χ1n) is 5.69. The zero-order valence-electron chi connectivity index (χ0n) is 10.7. The van der Waals surface area contributed by atoms with Crippen molar-refractivity contribution in [2.75, 3.05) is 19.0 Å². The second-order valence-corrected chi connectivity index (χ2v) is 3.67. The molecule has 5 heteroatoms. The number of hydrogen-bond acceptors (Lipinski definition) is 4. The number of hydrogen-bond donors (Lipinski definition) is 1. The van der Waals surface area contributed by atoms with Crippen LogP contribution in [0, 0.1) is 0 Å². The molecule has 0 saturated carbocycles. The molecule has 1 aromatic rings. The van der Waals surface area contributed by atoms with Crippen molar-refractivity contribution in [2.45, 2.75) is 20.0 Å². The number of ether oxygens (including phenoxy) is 2. The molecule has 0 heterocycles. The van der Waals surface area contributed by atoms with Gasteiger partial charge in [0, 0.05) is 12.8 Å². The predicted octanol–water partition coefficient (Wildman–Crippen LogP) is 1.84. The maximum Gasteiger partial charge on any atom is 0.338 e. The number of amides is 1. The largest absolute Gasteiger partial charge is 0.462 e. The number of carbonyl (C=O) groups excluding carboxylic acids is 2. The van der Waals surface area contributed by atoms with E-state index in [4.69, 9.17) is 9.47 Å². The summed E-state index contributed by atoms with van der Waals surface area (Å²) in [6.45, 7) is 3.74. The number of anilines is 1. The molecule has 0 aliphatic carbocycles. The highest BCUT2D eigenvalue weighted by molar-refractivity contribution is 5.95. The molecule has 0 aliphatic rings. The van der Waals surface area contributed by atoms with Gasteiger partial charge in [-0.25, -0.2) is 4.79 Å². The van der Waals surface area contributed by atoms with Gasteiger partial charge in [0.25, 0.3) is 5.91 Å². The lowest BCUT2D eigenvalue weighted by atomic mass is 10.2. The van der Waals surface area contributed by atoms with E-state index in [1.165, 1.54) is 7.11 Å². The lowest BCUT2D eigenvalue weighted by Gasteiger charge is -2.10. The van der Waals surface area contributed by atoms with Crippen LogP contribution in [0.5, 0.6) is 0 Å². The fourth-order valence-electron chi connectivity index (χ4n) is 1.26. The topological polar surface area (TPSA) is 64.6 Å². The van der Waals surface area contributed by atoms with Crippen molar-refractivity contribution in [3.05, 3.63) is 29.8 Å². The SMILES string of the molecule is CCOC(=O)c1ccc(NC(=O)C(C)OC)cc1. The van der Waals surface area contributed by atoms with Crippen molar-refractivity contribution >= 4 is 17.6 Å². The second-order valence-electron chi connectivity index (χ2n) is 3.67. The van der Waals surface area contributed by atoms with Crippen LogP contribution in [0.3, 0.4) is 0 Å². The van der Waals surface area contributed by atoms with Gasteiger partial charge in [0.2, 0.25) is 0 Å². The van der Waals surface area contributed by atoms with Gasteiger partial charge >= 0.3 is 5.97 Å². The molecule has 98 valence electrons. The molecule has 18 heavy (non-hydrogen) atoms. The Kier molecular flexibility index (Phi) is 5.32.